The molecule has 1 radical (unpaired) electrons. The van der Waals surface area contributed by atoms with Crippen molar-refractivity contribution in [2.45, 2.75) is 12.5 Å². The lowest BCUT2D eigenvalue weighted by atomic mass is 10.3. The van der Waals surface area contributed by atoms with E-state index >= 15 is 0 Å². The summed E-state index contributed by atoms with van der Waals surface area (Å²) in [6, 6.07) is 0. The van der Waals surface area contributed by atoms with Gasteiger partial charge < -0.3 is 9.47 Å². The highest BCUT2D eigenvalue weighted by Crippen LogP contribution is 2.02. The minimum atomic E-state index is 0.253. The molecule has 1 rings (SSSR count). The maximum Gasteiger partial charge on any atom is 0.0809 e. The Morgan fingerprint density at radius 3 is 2.75 bits per heavy atom. The Bertz CT molecular complexity index is 57.5. The van der Waals surface area contributed by atoms with Gasteiger partial charge in [-0.25, -0.2) is 0 Å². The minimum Gasteiger partial charge on any atom is -0.376 e. The zero-order valence-corrected chi connectivity index (χ0v) is 4.93. The van der Waals surface area contributed by atoms with E-state index < -0.39 is 0 Å². The van der Waals surface area contributed by atoms with E-state index in [0.717, 1.165) is 26.2 Å². The standard InChI is InChI=1S/C6H11O2/c1-2-6-5-7-3-4-8-6/h6H,1-5H2. The highest BCUT2D eigenvalue weighted by Gasteiger charge is 2.10. The topological polar surface area (TPSA) is 18.5 Å². The van der Waals surface area contributed by atoms with E-state index in [1.807, 2.05) is 0 Å². The first kappa shape index (κ1) is 6.05. The van der Waals surface area contributed by atoms with Crippen LogP contribution in [0.5, 0.6) is 0 Å². The fourth-order valence-corrected chi connectivity index (χ4v) is 0.703. The second-order valence-corrected chi connectivity index (χ2v) is 1.86. The van der Waals surface area contributed by atoms with E-state index in [2.05, 4.69) is 6.92 Å². The summed E-state index contributed by atoms with van der Waals surface area (Å²) in [5, 5.41) is 0. The molecule has 1 heterocycles. The Morgan fingerprint density at radius 2 is 2.38 bits per heavy atom. The highest BCUT2D eigenvalue weighted by atomic mass is 16.6. The fourth-order valence-electron chi connectivity index (χ4n) is 0.703. The minimum absolute atomic E-state index is 0.253. The van der Waals surface area contributed by atoms with Crippen LogP contribution < -0.4 is 0 Å². The SMILES string of the molecule is [CH2]CC1COCCO1. The second kappa shape index (κ2) is 3.05. The largest absolute Gasteiger partial charge is 0.376 e. The van der Waals surface area contributed by atoms with Gasteiger partial charge in [-0.2, -0.15) is 0 Å². The van der Waals surface area contributed by atoms with Crippen LogP contribution in [0.25, 0.3) is 0 Å². The van der Waals surface area contributed by atoms with Crippen LogP contribution in [0.15, 0.2) is 0 Å². The van der Waals surface area contributed by atoms with Gasteiger partial charge in [0.25, 0.3) is 0 Å². The van der Waals surface area contributed by atoms with Gasteiger partial charge >= 0.3 is 0 Å². The molecule has 2 heteroatoms. The fraction of sp³-hybridized carbons (Fsp3) is 0.833. The van der Waals surface area contributed by atoms with Crippen LogP contribution in [-0.2, 0) is 9.47 Å². The molecule has 0 aromatic carbocycles. The van der Waals surface area contributed by atoms with Gasteiger partial charge in [0.05, 0.1) is 25.9 Å². The summed E-state index contributed by atoms with van der Waals surface area (Å²) in [5.41, 5.74) is 0. The van der Waals surface area contributed by atoms with Crippen LogP contribution in [0, 0.1) is 6.92 Å². The molecule has 0 aromatic rings. The van der Waals surface area contributed by atoms with Crippen LogP contribution in [0.2, 0.25) is 0 Å². The van der Waals surface area contributed by atoms with Gasteiger partial charge in [0.15, 0.2) is 0 Å². The normalized spacial score (nSPS) is 30.4. The lowest BCUT2D eigenvalue weighted by Gasteiger charge is -2.20. The first-order chi connectivity index (χ1) is 3.93. The molecule has 0 aliphatic carbocycles. The quantitative estimate of drug-likeness (QED) is 0.499. The van der Waals surface area contributed by atoms with E-state index in [9.17, 15) is 0 Å². The van der Waals surface area contributed by atoms with Gasteiger partial charge in [-0.3, -0.25) is 0 Å². The summed E-state index contributed by atoms with van der Waals surface area (Å²) >= 11 is 0. The van der Waals surface area contributed by atoms with Crippen molar-refractivity contribution in [3.05, 3.63) is 6.92 Å². The molecule has 0 spiro atoms. The molecule has 0 aromatic heterocycles. The second-order valence-electron chi connectivity index (χ2n) is 1.86. The molecule has 8 heavy (non-hydrogen) atoms. The molecule has 1 saturated heterocycles. The van der Waals surface area contributed by atoms with E-state index in [0.29, 0.717) is 0 Å². The molecule has 1 aliphatic heterocycles. The molecule has 0 bridgehead atoms. The van der Waals surface area contributed by atoms with Crippen molar-refractivity contribution in [2.24, 2.45) is 0 Å². The first-order valence-electron chi connectivity index (χ1n) is 2.92. The molecule has 1 atom stereocenters. The van der Waals surface area contributed by atoms with Crippen molar-refractivity contribution >= 4 is 0 Å². The Hall–Kier alpha value is -0.0800. The average Bonchev–Trinajstić information content (AvgIpc) is 1.90. The average molecular weight is 115 g/mol. The molecule has 0 saturated carbocycles. The molecular weight excluding hydrogens is 104 g/mol. The van der Waals surface area contributed by atoms with Crippen LogP contribution in [0.4, 0.5) is 0 Å². The Morgan fingerprint density at radius 1 is 1.50 bits per heavy atom. The number of ether oxygens (including phenoxy) is 2. The monoisotopic (exact) mass is 115 g/mol. The zero-order valence-electron chi connectivity index (χ0n) is 4.93. The molecule has 0 N–H and O–H groups in total. The number of hydrogen-bond acceptors (Lipinski definition) is 2. The lowest BCUT2D eigenvalue weighted by Crippen LogP contribution is -2.27. The van der Waals surface area contributed by atoms with Gasteiger partial charge in [-0.15, -0.1) is 0 Å². The summed E-state index contributed by atoms with van der Waals surface area (Å²) in [7, 11) is 0. The van der Waals surface area contributed by atoms with Gasteiger partial charge in [0, 0.05) is 0 Å². The van der Waals surface area contributed by atoms with Crippen molar-refractivity contribution in [3.63, 3.8) is 0 Å². The van der Waals surface area contributed by atoms with Crippen molar-refractivity contribution < 1.29 is 9.47 Å². The Kier molecular flexibility index (Phi) is 2.30. The third-order valence-electron chi connectivity index (χ3n) is 1.21. The highest BCUT2D eigenvalue weighted by molar-refractivity contribution is 4.60. The molecular formula is C6H11O2. The number of rotatable bonds is 1. The molecule has 1 fully saturated rings. The van der Waals surface area contributed by atoms with Gasteiger partial charge in [-0.1, -0.05) is 6.92 Å². The van der Waals surface area contributed by atoms with E-state index in [4.69, 9.17) is 9.47 Å². The summed E-state index contributed by atoms with van der Waals surface area (Å²) in [5.74, 6) is 0. The third-order valence-corrected chi connectivity index (χ3v) is 1.21. The molecule has 1 aliphatic rings. The molecule has 47 valence electrons. The Balaban J connectivity index is 2.13. The predicted molar refractivity (Wildman–Crippen MR) is 30.5 cm³/mol. The van der Waals surface area contributed by atoms with Crippen LogP contribution in [-0.4, -0.2) is 25.9 Å². The zero-order chi connectivity index (χ0) is 5.82. The van der Waals surface area contributed by atoms with E-state index in [-0.39, 0.29) is 6.10 Å². The lowest BCUT2D eigenvalue weighted by molar-refractivity contribution is -0.0864. The Labute approximate surface area is 49.8 Å². The summed E-state index contributed by atoms with van der Waals surface area (Å²) in [6.45, 7) is 5.91. The van der Waals surface area contributed by atoms with E-state index in [1.165, 1.54) is 0 Å². The first-order valence-corrected chi connectivity index (χ1v) is 2.92. The van der Waals surface area contributed by atoms with Crippen molar-refractivity contribution in [3.8, 4) is 0 Å². The van der Waals surface area contributed by atoms with Crippen LogP contribution in [0.3, 0.4) is 0 Å². The summed E-state index contributed by atoms with van der Waals surface area (Å²) in [6.07, 6.45) is 1.07. The van der Waals surface area contributed by atoms with E-state index in [1.54, 1.807) is 0 Å². The number of hydrogen-bond donors (Lipinski definition) is 0. The maximum atomic E-state index is 5.24. The van der Waals surface area contributed by atoms with Crippen LogP contribution in [0.1, 0.15) is 6.42 Å². The molecule has 2 nitrogen and oxygen atoms in total. The molecule has 1 unspecified atom stereocenters. The third kappa shape index (κ3) is 1.46. The summed E-state index contributed by atoms with van der Waals surface area (Å²) < 4.78 is 10.3. The van der Waals surface area contributed by atoms with Gasteiger partial charge in [0.2, 0.25) is 0 Å². The predicted octanol–water partition coefficient (Wildman–Crippen LogP) is 0.626. The van der Waals surface area contributed by atoms with Crippen molar-refractivity contribution in [2.75, 3.05) is 19.8 Å². The van der Waals surface area contributed by atoms with Gasteiger partial charge in [-0.05, 0) is 6.42 Å². The van der Waals surface area contributed by atoms with Gasteiger partial charge in [0.1, 0.15) is 0 Å². The smallest absolute Gasteiger partial charge is 0.0809 e. The molecule has 0 amide bonds. The summed E-state index contributed by atoms with van der Waals surface area (Å²) in [4.78, 5) is 0. The maximum absolute atomic E-state index is 5.24. The van der Waals surface area contributed by atoms with Crippen LogP contribution >= 0.6 is 0 Å². The van der Waals surface area contributed by atoms with Crippen molar-refractivity contribution in [1.82, 2.24) is 0 Å². The van der Waals surface area contributed by atoms with Crippen molar-refractivity contribution in [1.29, 1.82) is 0 Å².